The zero-order valence-electron chi connectivity index (χ0n) is 9.58. The molecule has 0 spiro atoms. The molecule has 0 saturated carbocycles. The van der Waals surface area contributed by atoms with Crippen LogP contribution in [0.4, 0.5) is 5.69 Å². The van der Waals surface area contributed by atoms with E-state index < -0.39 is 0 Å². The molecule has 1 aromatic heterocycles. The Labute approximate surface area is 127 Å². The third-order valence-corrected chi connectivity index (χ3v) is 5.22. The number of anilines is 1. The van der Waals surface area contributed by atoms with Gasteiger partial charge in [0.15, 0.2) is 0 Å². The Hall–Kier alpha value is -0.830. The van der Waals surface area contributed by atoms with Crippen LogP contribution in [0.5, 0.6) is 0 Å². The van der Waals surface area contributed by atoms with E-state index in [0.717, 1.165) is 14.6 Å². The normalized spacial score (nSPS) is 11.9. The number of halogens is 2. The van der Waals surface area contributed by atoms with Crippen molar-refractivity contribution in [3.05, 3.63) is 49.0 Å². The molecule has 1 N–H and O–H groups in total. The fourth-order valence-electron chi connectivity index (χ4n) is 1.61. The molecule has 92 valence electrons. The Kier molecular flexibility index (Phi) is 4.44. The van der Waals surface area contributed by atoms with Gasteiger partial charge in [-0.25, -0.2) is 0 Å². The SMILES string of the molecule is CC(Nc1ccc(C#N)cc1Br)c1sccc1Br. The zero-order chi connectivity index (χ0) is 13.1. The van der Waals surface area contributed by atoms with Gasteiger partial charge in [-0.1, -0.05) is 0 Å². The summed E-state index contributed by atoms with van der Waals surface area (Å²) in [4.78, 5) is 1.26. The monoisotopic (exact) mass is 384 g/mol. The van der Waals surface area contributed by atoms with Crippen LogP contribution >= 0.6 is 43.2 Å². The summed E-state index contributed by atoms with van der Waals surface area (Å²) in [5, 5.41) is 14.3. The summed E-state index contributed by atoms with van der Waals surface area (Å²) in [7, 11) is 0. The largest absolute Gasteiger partial charge is 0.377 e. The lowest BCUT2D eigenvalue weighted by molar-refractivity contribution is 0.902. The molecule has 0 aliphatic heterocycles. The number of nitriles is 1. The van der Waals surface area contributed by atoms with Gasteiger partial charge in [-0.2, -0.15) is 5.26 Å². The van der Waals surface area contributed by atoms with Crippen molar-refractivity contribution in [1.82, 2.24) is 0 Å². The van der Waals surface area contributed by atoms with Gasteiger partial charge in [-0.3, -0.25) is 0 Å². The molecule has 0 fully saturated rings. The molecular formula is C13H10Br2N2S. The highest BCUT2D eigenvalue weighted by Gasteiger charge is 2.12. The van der Waals surface area contributed by atoms with E-state index >= 15 is 0 Å². The first-order valence-electron chi connectivity index (χ1n) is 5.31. The summed E-state index contributed by atoms with van der Waals surface area (Å²) < 4.78 is 2.03. The van der Waals surface area contributed by atoms with Crippen LogP contribution in [-0.2, 0) is 0 Å². The molecule has 2 rings (SSSR count). The van der Waals surface area contributed by atoms with E-state index in [-0.39, 0.29) is 6.04 Å². The van der Waals surface area contributed by atoms with Gasteiger partial charge in [0.1, 0.15) is 0 Å². The second kappa shape index (κ2) is 5.87. The van der Waals surface area contributed by atoms with Crippen molar-refractivity contribution in [3.63, 3.8) is 0 Å². The molecule has 18 heavy (non-hydrogen) atoms. The maximum absolute atomic E-state index is 8.83. The Morgan fingerprint density at radius 2 is 2.06 bits per heavy atom. The topological polar surface area (TPSA) is 35.8 Å². The lowest BCUT2D eigenvalue weighted by atomic mass is 10.2. The van der Waals surface area contributed by atoms with Crippen molar-refractivity contribution in [2.24, 2.45) is 0 Å². The van der Waals surface area contributed by atoms with Crippen LogP contribution in [0.25, 0.3) is 0 Å². The van der Waals surface area contributed by atoms with Crippen LogP contribution in [0.3, 0.4) is 0 Å². The molecule has 2 aromatic rings. The van der Waals surface area contributed by atoms with Gasteiger partial charge in [-0.15, -0.1) is 11.3 Å². The van der Waals surface area contributed by atoms with Crippen LogP contribution in [0.1, 0.15) is 23.4 Å². The highest BCUT2D eigenvalue weighted by Crippen LogP contribution is 2.33. The summed E-state index contributed by atoms with van der Waals surface area (Å²) in [5.74, 6) is 0. The minimum atomic E-state index is 0.212. The second-order valence-electron chi connectivity index (χ2n) is 3.81. The number of nitrogens with one attached hydrogen (secondary N) is 1. The molecule has 1 atom stereocenters. The molecule has 0 radical (unpaired) electrons. The standard InChI is InChI=1S/C13H10Br2N2S/c1-8(13-10(14)4-5-18-13)17-12-3-2-9(7-16)6-11(12)15/h2-6,8,17H,1H3. The first-order chi connectivity index (χ1) is 8.61. The highest BCUT2D eigenvalue weighted by molar-refractivity contribution is 9.11. The molecule has 1 heterocycles. The van der Waals surface area contributed by atoms with Crippen LogP contribution in [0.2, 0.25) is 0 Å². The Morgan fingerprint density at radius 1 is 1.28 bits per heavy atom. The molecular weight excluding hydrogens is 376 g/mol. The van der Waals surface area contributed by atoms with E-state index in [9.17, 15) is 0 Å². The minimum absolute atomic E-state index is 0.212. The molecule has 1 unspecified atom stereocenters. The average Bonchev–Trinajstić information content (AvgIpc) is 2.78. The molecule has 0 bridgehead atoms. The van der Waals surface area contributed by atoms with Crippen molar-refractivity contribution in [2.45, 2.75) is 13.0 Å². The van der Waals surface area contributed by atoms with E-state index in [4.69, 9.17) is 5.26 Å². The lowest BCUT2D eigenvalue weighted by Gasteiger charge is -2.16. The second-order valence-corrected chi connectivity index (χ2v) is 6.46. The summed E-state index contributed by atoms with van der Waals surface area (Å²) in [6.07, 6.45) is 0. The summed E-state index contributed by atoms with van der Waals surface area (Å²) >= 11 is 8.73. The van der Waals surface area contributed by atoms with Gasteiger partial charge in [0, 0.05) is 19.5 Å². The molecule has 0 aliphatic rings. The maximum Gasteiger partial charge on any atom is 0.0992 e. The van der Waals surface area contributed by atoms with Crippen molar-refractivity contribution in [2.75, 3.05) is 5.32 Å². The Bertz CT molecular complexity index is 601. The summed E-state index contributed by atoms with van der Waals surface area (Å²) in [6, 6.07) is 9.93. The van der Waals surface area contributed by atoms with E-state index in [2.05, 4.69) is 55.5 Å². The predicted octanol–water partition coefficient (Wildman–Crippen LogP) is 5.32. The molecule has 0 saturated heterocycles. The number of thiophene rings is 1. The van der Waals surface area contributed by atoms with Crippen molar-refractivity contribution in [3.8, 4) is 6.07 Å². The van der Waals surface area contributed by atoms with Crippen LogP contribution < -0.4 is 5.32 Å². The van der Waals surface area contributed by atoms with Gasteiger partial charge in [0.05, 0.1) is 17.7 Å². The Morgan fingerprint density at radius 3 is 2.61 bits per heavy atom. The van der Waals surface area contributed by atoms with Crippen LogP contribution in [0, 0.1) is 11.3 Å². The fourth-order valence-corrected chi connectivity index (χ4v) is 3.83. The molecule has 0 aliphatic carbocycles. The number of hydrogen-bond acceptors (Lipinski definition) is 3. The maximum atomic E-state index is 8.83. The summed E-state index contributed by atoms with van der Waals surface area (Å²) in [5.41, 5.74) is 1.64. The molecule has 2 nitrogen and oxygen atoms in total. The van der Waals surface area contributed by atoms with Gasteiger partial charge < -0.3 is 5.32 Å². The predicted molar refractivity (Wildman–Crippen MR) is 82.9 cm³/mol. The molecule has 1 aromatic carbocycles. The van der Waals surface area contributed by atoms with E-state index in [1.54, 1.807) is 11.3 Å². The van der Waals surface area contributed by atoms with Gasteiger partial charge in [0.2, 0.25) is 0 Å². The van der Waals surface area contributed by atoms with E-state index in [1.807, 2.05) is 24.3 Å². The first kappa shape index (κ1) is 13.6. The smallest absolute Gasteiger partial charge is 0.0992 e. The molecule has 0 amide bonds. The van der Waals surface area contributed by atoms with Crippen molar-refractivity contribution in [1.29, 1.82) is 5.26 Å². The number of hydrogen-bond donors (Lipinski definition) is 1. The van der Waals surface area contributed by atoms with E-state index in [1.165, 1.54) is 4.88 Å². The minimum Gasteiger partial charge on any atom is -0.377 e. The van der Waals surface area contributed by atoms with Crippen molar-refractivity contribution < 1.29 is 0 Å². The quantitative estimate of drug-likeness (QED) is 0.776. The Balaban J connectivity index is 2.20. The van der Waals surface area contributed by atoms with Gasteiger partial charge in [0.25, 0.3) is 0 Å². The lowest BCUT2D eigenvalue weighted by Crippen LogP contribution is -2.05. The third kappa shape index (κ3) is 2.94. The highest BCUT2D eigenvalue weighted by atomic mass is 79.9. The van der Waals surface area contributed by atoms with Crippen LogP contribution in [-0.4, -0.2) is 0 Å². The summed E-state index contributed by atoms with van der Waals surface area (Å²) in [6.45, 7) is 2.11. The third-order valence-electron chi connectivity index (χ3n) is 2.51. The first-order valence-corrected chi connectivity index (χ1v) is 7.77. The number of nitrogens with zero attached hydrogens (tertiary/aromatic N) is 1. The number of rotatable bonds is 3. The van der Waals surface area contributed by atoms with Gasteiger partial charge >= 0.3 is 0 Å². The molecule has 5 heteroatoms. The average molecular weight is 386 g/mol. The zero-order valence-corrected chi connectivity index (χ0v) is 13.6. The van der Waals surface area contributed by atoms with Crippen LogP contribution in [0.15, 0.2) is 38.6 Å². The fraction of sp³-hybridized carbons (Fsp3) is 0.154. The van der Waals surface area contributed by atoms with E-state index in [0.29, 0.717) is 5.56 Å². The van der Waals surface area contributed by atoms with Crippen molar-refractivity contribution >= 4 is 48.9 Å². The number of benzene rings is 1. The van der Waals surface area contributed by atoms with Gasteiger partial charge in [-0.05, 0) is 68.4 Å².